The van der Waals surface area contributed by atoms with Gasteiger partial charge in [-0.2, -0.15) is 0 Å². The molecular formula is C13H15BN2O3. The molecule has 2 rings (SSSR count). The summed E-state index contributed by atoms with van der Waals surface area (Å²) in [5, 5.41) is 2.27. The van der Waals surface area contributed by atoms with Crippen LogP contribution in [-0.4, -0.2) is 35.8 Å². The quantitative estimate of drug-likeness (QED) is 0.596. The van der Waals surface area contributed by atoms with Crippen molar-refractivity contribution in [3.05, 3.63) is 36.0 Å². The minimum absolute atomic E-state index is 0.127. The predicted octanol–water partition coefficient (Wildman–Crippen LogP) is 0.637. The Hall–Kier alpha value is -2.11. The molecule has 0 aromatic rings. The van der Waals surface area contributed by atoms with E-state index in [2.05, 4.69) is 11.9 Å². The van der Waals surface area contributed by atoms with Crippen molar-refractivity contribution in [2.75, 3.05) is 0 Å². The monoisotopic (exact) mass is 258 g/mol. The van der Waals surface area contributed by atoms with E-state index in [1.807, 2.05) is 19.1 Å². The van der Waals surface area contributed by atoms with Gasteiger partial charge in [0.05, 0.1) is 0 Å². The third-order valence-electron chi connectivity index (χ3n) is 3.28. The smallest absolute Gasteiger partial charge is 0.270 e. The first-order chi connectivity index (χ1) is 9.08. The zero-order chi connectivity index (χ0) is 14.0. The topological polar surface area (TPSA) is 66.5 Å². The van der Waals surface area contributed by atoms with Gasteiger partial charge < -0.3 is 4.90 Å². The van der Waals surface area contributed by atoms with E-state index in [1.54, 1.807) is 6.08 Å². The van der Waals surface area contributed by atoms with E-state index in [0.29, 0.717) is 12.1 Å². The summed E-state index contributed by atoms with van der Waals surface area (Å²) in [7, 11) is 0.267. The zero-order valence-corrected chi connectivity index (χ0v) is 10.8. The third kappa shape index (κ3) is 2.38. The summed E-state index contributed by atoms with van der Waals surface area (Å²) >= 11 is 0. The lowest BCUT2D eigenvalue weighted by atomic mass is 9.70. The average molecular weight is 258 g/mol. The molecule has 19 heavy (non-hydrogen) atoms. The van der Waals surface area contributed by atoms with E-state index in [-0.39, 0.29) is 25.4 Å². The normalized spacial score (nSPS) is 23.9. The van der Waals surface area contributed by atoms with Crippen molar-refractivity contribution in [1.29, 1.82) is 0 Å². The molecule has 0 aromatic heterocycles. The molecule has 0 spiro atoms. The van der Waals surface area contributed by atoms with Crippen LogP contribution in [0.4, 0.5) is 4.79 Å². The van der Waals surface area contributed by atoms with Gasteiger partial charge in [0.25, 0.3) is 7.28 Å². The number of allylic oxidation sites excluding steroid dienone is 4. The number of rotatable bonds is 3. The molecule has 0 aliphatic carbocycles. The van der Waals surface area contributed by atoms with E-state index in [1.165, 1.54) is 4.90 Å². The van der Waals surface area contributed by atoms with Crippen LogP contribution in [0.2, 0.25) is 0 Å². The number of piperidine rings is 1. The maximum absolute atomic E-state index is 12.1. The molecule has 0 aromatic carbocycles. The van der Waals surface area contributed by atoms with Gasteiger partial charge in [-0.1, -0.05) is 18.7 Å². The molecular weight excluding hydrogens is 243 g/mol. The molecule has 1 N–H and O–H groups in total. The number of nitrogens with zero attached hydrogens (tertiary/aromatic N) is 1. The highest BCUT2D eigenvalue weighted by Gasteiger charge is 2.39. The van der Waals surface area contributed by atoms with Gasteiger partial charge in [0.1, 0.15) is 6.04 Å². The zero-order valence-electron chi connectivity index (χ0n) is 10.8. The van der Waals surface area contributed by atoms with E-state index in [0.717, 1.165) is 5.47 Å². The largest absolute Gasteiger partial charge is 0.309 e. The second-order valence-corrected chi connectivity index (χ2v) is 4.52. The van der Waals surface area contributed by atoms with Crippen LogP contribution >= 0.6 is 0 Å². The third-order valence-corrected chi connectivity index (χ3v) is 3.28. The number of hydrogen-bond acceptors (Lipinski definition) is 3. The van der Waals surface area contributed by atoms with Gasteiger partial charge in [-0.05, 0) is 24.9 Å². The van der Waals surface area contributed by atoms with Gasteiger partial charge in [0, 0.05) is 12.1 Å². The molecule has 2 aliphatic rings. The molecule has 0 saturated carbocycles. The van der Waals surface area contributed by atoms with Crippen LogP contribution in [0.3, 0.4) is 0 Å². The minimum Gasteiger partial charge on any atom is -0.309 e. The van der Waals surface area contributed by atoms with Gasteiger partial charge in [-0.25, -0.2) is 0 Å². The van der Waals surface area contributed by atoms with Crippen molar-refractivity contribution in [2.45, 2.75) is 25.8 Å². The summed E-state index contributed by atoms with van der Waals surface area (Å²) in [5.74, 6) is -0.825. The number of imide groups is 1. The lowest BCUT2D eigenvalue weighted by Gasteiger charge is -2.31. The summed E-state index contributed by atoms with van der Waals surface area (Å²) in [6.45, 7) is 5.58. The fraction of sp³-hybridized carbons (Fsp3) is 0.308. The maximum atomic E-state index is 12.1. The Morgan fingerprint density at radius 2 is 2.16 bits per heavy atom. The first kappa shape index (κ1) is 13.3. The van der Waals surface area contributed by atoms with Crippen molar-refractivity contribution < 1.29 is 14.4 Å². The lowest BCUT2D eigenvalue weighted by Crippen LogP contribution is -2.52. The van der Waals surface area contributed by atoms with Crippen LogP contribution in [0.1, 0.15) is 19.8 Å². The van der Waals surface area contributed by atoms with E-state index in [4.69, 9.17) is 0 Å². The maximum Gasteiger partial charge on any atom is 0.270 e. The molecule has 98 valence electrons. The highest BCUT2D eigenvalue weighted by Crippen LogP contribution is 2.27. The molecule has 6 heteroatoms. The second kappa shape index (κ2) is 5.26. The van der Waals surface area contributed by atoms with Crippen LogP contribution in [0.15, 0.2) is 36.0 Å². The number of amides is 3. The molecule has 0 radical (unpaired) electrons. The summed E-state index contributed by atoms with van der Waals surface area (Å²) in [4.78, 5) is 36.6. The first-order valence-corrected chi connectivity index (χ1v) is 6.22. The van der Waals surface area contributed by atoms with Gasteiger partial charge in [0.2, 0.25) is 11.8 Å². The van der Waals surface area contributed by atoms with Gasteiger partial charge in [-0.15, -0.1) is 0 Å². The standard InChI is InChI=1S/C13H15BN2O3/c1-3-5-8-9(4-2)16(13(19)14-8)10-6-7-11(17)15-12(10)18/h3-5,10,14H,2,6-7H2,1H3,(H,15,17,18)/b5-3-. The highest BCUT2D eigenvalue weighted by atomic mass is 16.2. The van der Waals surface area contributed by atoms with Crippen molar-refractivity contribution in [2.24, 2.45) is 0 Å². The van der Waals surface area contributed by atoms with E-state index >= 15 is 0 Å². The molecule has 2 aliphatic heterocycles. The fourth-order valence-corrected chi connectivity index (χ4v) is 2.47. The van der Waals surface area contributed by atoms with Gasteiger partial charge in [0.15, 0.2) is 5.81 Å². The molecule has 3 amide bonds. The Bertz CT molecular complexity index is 522. The first-order valence-electron chi connectivity index (χ1n) is 6.22. The Morgan fingerprint density at radius 1 is 1.42 bits per heavy atom. The van der Waals surface area contributed by atoms with Crippen LogP contribution in [-0.2, 0) is 9.59 Å². The van der Waals surface area contributed by atoms with Gasteiger partial charge in [-0.3, -0.25) is 19.7 Å². The molecule has 1 atom stereocenters. The summed E-state index contributed by atoms with van der Waals surface area (Å²) in [6.07, 6.45) is 5.89. The minimum atomic E-state index is -0.610. The number of carbonyl (C=O) groups is 3. The average Bonchev–Trinajstić information content (AvgIpc) is 2.66. The van der Waals surface area contributed by atoms with E-state index < -0.39 is 11.9 Å². The Labute approximate surface area is 112 Å². The lowest BCUT2D eigenvalue weighted by molar-refractivity contribution is -0.136. The highest BCUT2D eigenvalue weighted by molar-refractivity contribution is 6.81. The Kier molecular flexibility index (Phi) is 3.69. The summed E-state index contributed by atoms with van der Waals surface area (Å²) in [6, 6.07) is -0.610. The van der Waals surface area contributed by atoms with Crippen LogP contribution in [0, 0.1) is 0 Å². The van der Waals surface area contributed by atoms with Crippen molar-refractivity contribution in [3.8, 4) is 0 Å². The summed E-state index contributed by atoms with van der Waals surface area (Å²) in [5.41, 5.74) is 1.52. The van der Waals surface area contributed by atoms with Crippen molar-refractivity contribution in [1.82, 2.24) is 10.2 Å². The number of carbonyl (C=O) groups excluding carboxylic acids is 3. The molecule has 5 nitrogen and oxygen atoms in total. The molecule has 2 heterocycles. The SMILES string of the molecule is C=CC1=C(/C=C\C)BC(=O)N1C1CCC(=O)NC1=O. The number of hydrogen-bond donors (Lipinski definition) is 1. The van der Waals surface area contributed by atoms with Crippen LogP contribution < -0.4 is 5.32 Å². The van der Waals surface area contributed by atoms with E-state index in [9.17, 15) is 14.4 Å². The fourth-order valence-electron chi connectivity index (χ4n) is 2.47. The number of nitrogens with one attached hydrogen (secondary N) is 1. The van der Waals surface area contributed by atoms with Crippen LogP contribution in [0.5, 0.6) is 0 Å². The van der Waals surface area contributed by atoms with Gasteiger partial charge >= 0.3 is 0 Å². The second-order valence-electron chi connectivity index (χ2n) is 4.52. The van der Waals surface area contributed by atoms with Crippen LogP contribution in [0.25, 0.3) is 0 Å². The molecule has 0 bridgehead atoms. The van der Waals surface area contributed by atoms with Crippen molar-refractivity contribution >= 4 is 24.9 Å². The Balaban J connectivity index is 2.32. The van der Waals surface area contributed by atoms with Crippen molar-refractivity contribution in [3.63, 3.8) is 0 Å². The molecule has 1 saturated heterocycles. The summed E-state index contributed by atoms with van der Waals surface area (Å²) < 4.78 is 0. The molecule has 1 unspecified atom stereocenters. The molecule has 1 fully saturated rings. The Morgan fingerprint density at radius 3 is 2.74 bits per heavy atom. The predicted molar refractivity (Wildman–Crippen MR) is 72.6 cm³/mol.